The van der Waals surface area contributed by atoms with Gasteiger partial charge >= 0.3 is 11.9 Å². The van der Waals surface area contributed by atoms with Crippen LogP contribution in [0.5, 0.6) is 0 Å². The Kier molecular flexibility index (Phi) is 12.4. The predicted octanol–water partition coefficient (Wildman–Crippen LogP) is 3.05. The largest absolute Gasteiger partial charge is 0.466 e. The number of hydrogen-bond donors (Lipinski definition) is 0. The van der Waals surface area contributed by atoms with Gasteiger partial charge in [0.2, 0.25) is 0 Å². The Morgan fingerprint density at radius 3 is 2.48 bits per heavy atom. The minimum absolute atomic E-state index is 0.00171. The second-order valence-corrected chi connectivity index (χ2v) is 5.56. The van der Waals surface area contributed by atoms with Crippen LogP contribution in [0.3, 0.4) is 0 Å². The molecule has 0 aromatic rings. The van der Waals surface area contributed by atoms with Crippen LogP contribution in [0.4, 0.5) is 0 Å². The van der Waals surface area contributed by atoms with Crippen LogP contribution >= 0.6 is 12.0 Å². The van der Waals surface area contributed by atoms with Crippen molar-refractivity contribution in [2.75, 3.05) is 12.9 Å². The van der Waals surface area contributed by atoms with Gasteiger partial charge < -0.3 is 9.47 Å². The molecule has 21 heavy (non-hydrogen) atoms. The van der Waals surface area contributed by atoms with E-state index in [4.69, 9.17) is 14.0 Å². The Labute approximate surface area is 131 Å². The maximum Gasteiger partial charge on any atom is 0.347 e. The van der Waals surface area contributed by atoms with Gasteiger partial charge in [-0.25, -0.2) is 9.68 Å². The van der Waals surface area contributed by atoms with Crippen molar-refractivity contribution in [3.63, 3.8) is 0 Å². The molecule has 0 spiro atoms. The van der Waals surface area contributed by atoms with Crippen molar-refractivity contribution in [1.82, 2.24) is 0 Å². The van der Waals surface area contributed by atoms with Crippen LogP contribution in [0, 0.1) is 0 Å². The molecule has 1 atom stereocenters. The minimum Gasteiger partial charge on any atom is -0.466 e. The van der Waals surface area contributed by atoms with Gasteiger partial charge in [0.15, 0.2) is 6.10 Å². The lowest BCUT2D eigenvalue weighted by Gasteiger charge is -2.15. The van der Waals surface area contributed by atoms with E-state index in [1.54, 1.807) is 0 Å². The van der Waals surface area contributed by atoms with E-state index in [9.17, 15) is 9.59 Å². The van der Waals surface area contributed by atoms with Crippen molar-refractivity contribution in [2.24, 2.45) is 0 Å². The van der Waals surface area contributed by atoms with Crippen LogP contribution in [0.2, 0.25) is 0 Å². The number of carbonyl (C=O) groups excluding carboxylic acids is 2. The topological polar surface area (TPSA) is 71.1 Å². The highest BCUT2D eigenvalue weighted by molar-refractivity contribution is 7.94. The molecule has 0 heterocycles. The fourth-order valence-corrected chi connectivity index (χ4v) is 1.92. The van der Waals surface area contributed by atoms with Gasteiger partial charge in [-0.15, -0.1) is 0 Å². The van der Waals surface area contributed by atoms with Gasteiger partial charge in [0.1, 0.15) is 0 Å². The van der Waals surface area contributed by atoms with Crippen LogP contribution in [-0.2, 0) is 28.3 Å². The van der Waals surface area contributed by atoms with Gasteiger partial charge in [0.05, 0.1) is 13.2 Å². The smallest absolute Gasteiger partial charge is 0.347 e. The zero-order valence-electron chi connectivity index (χ0n) is 13.3. The molecular weight excluding hydrogens is 296 g/mol. The Bertz CT molecular complexity index is 295. The number of methoxy groups -OCH3 is 1. The number of unbranched alkanes of at least 4 members (excludes halogenated alkanes) is 1. The van der Waals surface area contributed by atoms with E-state index in [-0.39, 0.29) is 12.5 Å². The van der Waals surface area contributed by atoms with E-state index in [1.807, 2.05) is 20.8 Å². The molecule has 0 aliphatic carbocycles. The summed E-state index contributed by atoms with van der Waals surface area (Å²) in [6.45, 7) is 5.73. The SMILES string of the molecule is CCCCC(OC(=O)CCCSOOC(C)C)C(=O)OC. The molecule has 0 N–H and O–H groups in total. The molecule has 0 aliphatic heterocycles. The highest BCUT2D eigenvalue weighted by atomic mass is 32.2. The predicted molar refractivity (Wildman–Crippen MR) is 80.4 cm³/mol. The monoisotopic (exact) mass is 322 g/mol. The molecule has 0 bridgehead atoms. The molecule has 124 valence electrons. The zero-order valence-corrected chi connectivity index (χ0v) is 14.1. The number of ether oxygens (including phenoxy) is 2. The number of esters is 2. The second-order valence-electron chi connectivity index (χ2n) is 4.78. The van der Waals surface area contributed by atoms with Gasteiger partial charge in [-0.3, -0.25) is 4.79 Å². The second kappa shape index (κ2) is 12.9. The van der Waals surface area contributed by atoms with Crippen molar-refractivity contribution in [3.8, 4) is 0 Å². The number of rotatable bonds is 12. The average Bonchev–Trinajstić information content (AvgIpc) is 2.45. The van der Waals surface area contributed by atoms with Gasteiger partial charge in [-0.2, -0.15) is 4.33 Å². The summed E-state index contributed by atoms with van der Waals surface area (Å²) in [5.74, 6) is -0.286. The summed E-state index contributed by atoms with van der Waals surface area (Å²) in [5, 5.41) is 0. The Morgan fingerprint density at radius 1 is 1.19 bits per heavy atom. The van der Waals surface area contributed by atoms with E-state index >= 15 is 0 Å². The summed E-state index contributed by atoms with van der Waals surface area (Å²) < 4.78 is 14.6. The molecule has 0 amide bonds. The van der Waals surface area contributed by atoms with E-state index in [1.165, 1.54) is 7.11 Å². The number of hydrogen-bond acceptors (Lipinski definition) is 7. The third kappa shape index (κ3) is 11.5. The van der Waals surface area contributed by atoms with Crippen molar-refractivity contribution in [1.29, 1.82) is 0 Å². The fraction of sp³-hybridized carbons (Fsp3) is 0.857. The Balaban J connectivity index is 3.84. The molecule has 0 saturated carbocycles. The molecular formula is C14H26O6S. The highest BCUT2D eigenvalue weighted by Gasteiger charge is 2.22. The molecule has 0 aromatic heterocycles. The Morgan fingerprint density at radius 2 is 1.90 bits per heavy atom. The molecule has 7 heteroatoms. The number of carbonyl (C=O) groups is 2. The zero-order chi connectivity index (χ0) is 16.1. The fourth-order valence-electron chi connectivity index (χ4n) is 1.38. The minimum atomic E-state index is -0.796. The van der Waals surface area contributed by atoms with E-state index in [0.717, 1.165) is 24.9 Å². The van der Waals surface area contributed by atoms with Crippen molar-refractivity contribution in [3.05, 3.63) is 0 Å². The van der Waals surface area contributed by atoms with E-state index < -0.39 is 18.0 Å². The van der Waals surface area contributed by atoms with Gasteiger partial charge in [-0.05, 0) is 33.1 Å². The lowest BCUT2D eigenvalue weighted by atomic mass is 10.1. The highest BCUT2D eigenvalue weighted by Crippen LogP contribution is 2.12. The summed E-state index contributed by atoms with van der Waals surface area (Å²) in [5.41, 5.74) is 0. The normalized spacial score (nSPS) is 12.2. The van der Waals surface area contributed by atoms with Crippen LogP contribution in [0.1, 0.15) is 52.9 Å². The van der Waals surface area contributed by atoms with Crippen LogP contribution in [0.25, 0.3) is 0 Å². The molecule has 0 aromatic carbocycles. The van der Waals surface area contributed by atoms with Crippen LogP contribution < -0.4 is 0 Å². The summed E-state index contributed by atoms with van der Waals surface area (Å²) in [4.78, 5) is 28.0. The quantitative estimate of drug-likeness (QED) is 0.180. The maximum absolute atomic E-state index is 11.7. The summed E-state index contributed by atoms with van der Waals surface area (Å²) >= 11 is 1.15. The van der Waals surface area contributed by atoms with Gasteiger partial charge in [0.25, 0.3) is 0 Å². The van der Waals surface area contributed by atoms with Crippen molar-refractivity contribution in [2.45, 2.75) is 65.1 Å². The van der Waals surface area contributed by atoms with Gasteiger partial charge in [-0.1, -0.05) is 13.3 Å². The first-order valence-electron chi connectivity index (χ1n) is 7.23. The molecule has 0 rings (SSSR count). The van der Waals surface area contributed by atoms with Crippen molar-refractivity contribution < 1.29 is 28.3 Å². The van der Waals surface area contributed by atoms with E-state index in [2.05, 4.69) is 4.74 Å². The molecule has 6 nitrogen and oxygen atoms in total. The van der Waals surface area contributed by atoms with Crippen molar-refractivity contribution >= 4 is 24.0 Å². The lowest BCUT2D eigenvalue weighted by molar-refractivity contribution is -0.220. The van der Waals surface area contributed by atoms with E-state index in [0.29, 0.717) is 18.6 Å². The molecule has 0 radical (unpaired) electrons. The average molecular weight is 322 g/mol. The Hall–Kier alpha value is -0.790. The summed E-state index contributed by atoms with van der Waals surface area (Å²) in [6.07, 6.45) is 2.26. The van der Waals surface area contributed by atoms with Gasteiger partial charge in [0, 0.05) is 24.2 Å². The summed E-state index contributed by atoms with van der Waals surface area (Å²) in [6, 6.07) is 0. The maximum atomic E-state index is 11.7. The standard InChI is InChI=1S/C14H26O6S/c1-5-6-8-12(14(16)17-4)18-13(15)9-7-10-21-20-19-11(2)3/h11-12H,5-10H2,1-4H3. The van der Waals surface area contributed by atoms with Crippen LogP contribution in [0.15, 0.2) is 0 Å². The van der Waals surface area contributed by atoms with Crippen LogP contribution in [-0.4, -0.2) is 37.0 Å². The first-order valence-corrected chi connectivity index (χ1v) is 8.14. The lowest BCUT2D eigenvalue weighted by Crippen LogP contribution is -2.28. The molecule has 0 saturated heterocycles. The molecule has 1 unspecified atom stereocenters. The summed E-state index contributed by atoms with van der Waals surface area (Å²) in [7, 11) is 1.29. The third-order valence-electron chi connectivity index (χ3n) is 2.45. The third-order valence-corrected chi connectivity index (χ3v) is 3.08. The first kappa shape index (κ1) is 20.2. The molecule has 0 fully saturated rings. The first-order chi connectivity index (χ1) is 10.0. The molecule has 0 aliphatic rings.